The Balaban J connectivity index is 2.57. The summed E-state index contributed by atoms with van der Waals surface area (Å²) < 4.78 is 5.49. The first kappa shape index (κ1) is 12.0. The van der Waals surface area contributed by atoms with Crippen molar-refractivity contribution in [3.05, 3.63) is 0 Å². The lowest BCUT2D eigenvalue weighted by Crippen LogP contribution is -2.32. The van der Waals surface area contributed by atoms with E-state index < -0.39 is 0 Å². The Bertz CT molecular complexity index is 143. The summed E-state index contributed by atoms with van der Waals surface area (Å²) in [5.41, 5.74) is 0.598. The van der Waals surface area contributed by atoms with Gasteiger partial charge in [-0.15, -0.1) is 0 Å². The van der Waals surface area contributed by atoms with Crippen molar-refractivity contribution in [3.8, 4) is 0 Å². The molecule has 1 aliphatic rings. The molecule has 0 aliphatic carbocycles. The van der Waals surface area contributed by atoms with Crippen LogP contribution in [0.1, 0.15) is 53.4 Å². The summed E-state index contributed by atoms with van der Waals surface area (Å²) >= 11 is 0. The van der Waals surface area contributed by atoms with Crippen LogP contribution in [0.15, 0.2) is 0 Å². The molecular formula is C13H26O. The maximum atomic E-state index is 5.49. The highest BCUT2D eigenvalue weighted by Gasteiger charge is 2.33. The van der Waals surface area contributed by atoms with E-state index in [1.165, 1.54) is 25.7 Å². The third kappa shape index (κ3) is 3.61. The molecule has 0 saturated carbocycles. The monoisotopic (exact) mass is 198 g/mol. The summed E-state index contributed by atoms with van der Waals surface area (Å²) in [6.45, 7) is 11.4. The lowest BCUT2D eigenvalue weighted by Gasteiger charge is -2.40. The van der Waals surface area contributed by atoms with E-state index in [1.54, 1.807) is 0 Å². The molecule has 0 N–H and O–H groups in total. The molecule has 0 amide bonds. The van der Waals surface area contributed by atoms with Crippen LogP contribution in [0.3, 0.4) is 0 Å². The van der Waals surface area contributed by atoms with Gasteiger partial charge < -0.3 is 4.74 Å². The molecule has 0 aromatic heterocycles. The summed E-state index contributed by atoms with van der Waals surface area (Å²) in [7, 11) is 0. The van der Waals surface area contributed by atoms with Crippen LogP contribution in [0.4, 0.5) is 0 Å². The van der Waals surface area contributed by atoms with E-state index in [0.717, 1.165) is 25.0 Å². The van der Waals surface area contributed by atoms with E-state index in [4.69, 9.17) is 4.74 Å². The van der Waals surface area contributed by atoms with Crippen LogP contribution in [0.2, 0.25) is 0 Å². The fourth-order valence-electron chi connectivity index (χ4n) is 3.03. The number of hydrogen-bond donors (Lipinski definition) is 0. The van der Waals surface area contributed by atoms with Gasteiger partial charge >= 0.3 is 0 Å². The first-order chi connectivity index (χ1) is 6.54. The number of hydrogen-bond acceptors (Lipinski definition) is 1. The topological polar surface area (TPSA) is 9.23 Å². The van der Waals surface area contributed by atoms with Crippen LogP contribution < -0.4 is 0 Å². The van der Waals surface area contributed by atoms with Crippen molar-refractivity contribution in [1.82, 2.24) is 0 Å². The Hall–Kier alpha value is -0.0400. The highest BCUT2D eigenvalue weighted by atomic mass is 16.5. The maximum Gasteiger partial charge on any atom is 0.0471 e. The zero-order chi connectivity index (χ0) is 10.6. The molecule has 1 heteroatoms. The van der Waals surface area contributed by atoms with Gasteiger partial charge in [0, 0.05) is 13.2 Å². The van der Waals surface area contributed by atoms with Gasteiger partial charge in [0.2, 0.25) is 0 Å². The molecule has 0 atom stereocenters. The van der Waals surface area contributed by atoms with Crippen molar-refractivity contribution in [2.75, 3.05) is 13.2 Å². The van der Waals surface area contributed by atoms with Gasteiger partial charge in [-0.25, -0.2) is 0 Å². The van der Waals surface area contributed by atoms with E-state index in [1.807, 2.05) is 0 Å². The molecule has 1 rings (SSSR count). The van der Waals surface area contributed by atoms with Gasteiger partial charge in [-0.3, -0.25) is 0 Å². The molecule has 14 heavy (non-hydrogen) atoms. The highest BCUT2D eigenvalue weighted by Crippen LogP contribution is 2.42. The minimum absolute atomic E-state index is 0.598. The summed E-state index contributed by atoms with van der Waals surface area (Å²) in [4.78, 5) is 0. The second-order valence-electron chi connectivity index (χ2n) is 5.81. The van der Waals surface area contributed by atoms with E-state index in [0.29, 0.717) is 5.41 Å². The van der Waals surface area contributed by atoms with E-state index in [9.17, 15) is 0 Å². The normalized spacial score (nSPS) is 21.9. The van der Waals surface area contributed by atoms with Gasteiger partial charge in [0.1, 0.15) is 0 Å². The molecule has 0 radical (unpaired) electrons. The average molecular weight is 198 g/mol. The van der Waals surface area contributed by atoms with Gasteiger partial charge in [-0.1, -0.05) is 27.7 Å². The summed E-state index contributed by atoms with van der Waals surface area (Å²) in [6.07, 6.45) is 5.33. The average Bonchev–Trinajstić information content (AvgIpc) is 2.01. The smallest absolute Gasteiger partial charge is 0.0471 e. The second-order valence-corrected chi connectivity index (χ2v) is 5.81. The molecule has 1 saturated heterocycles. The largest absolute Gasteiger partial charge is 0.381 e. The molecule has 0 spiro atoms. The third-order valence-electron chi connectivity index (χ3n) is 3.24. The molecule has 1 nitrogen and oxygen atoms in total. The van der Waals surface area contributed by atoms with Gasteiger partial charge in [0.05, 0.1) is 0 Å². The zero-order valence-electron chi connectivity index (χ0n) is 10.3. The molecule has 0 aromatic rings. The van der Waals surface area contributed by atoms with Crippen LogP contribution in [-0.4, -0.2) is 13.2 Å². The van der Waals surface area contributed by atoms with Crippen LogP contribution in [0, 0.1) is 17.3 Å². The van der Waals surface area contributed by atoms with Crippen molar-refractivity contribution >= 4 is 0 Å². The predicted molar refractivity (Wildman–Crippen MR) is 61.4 cm³/mol. The summed E-state index contributed by atoms with van der Waals surface area (Å²) in [5.74, 6) is 1.65. The lowest BCUT2D eigenvalue weighted by molar-refractivity contribution is -0.00697. The van der Waals surface area contributed by atoms with E-state index >= 15 is 0 Å². The molecular weight excluding hydrogens is 172 g/mol. The Kier molecular flexibility index (Phi) is 4.43. The number of rotatable bonds is 4. The summed E-state index contributed by atoms with van der Waals surface area (Å²) in [5, 5.41) is 0. The Morgan fingerprint density at radius 3 is 1.71 bits per heavy atom. The zero-order valence-corrected chi connectivity index (χ0v) is 10.3. The van der Waals surface area contributed by atoms with E-state index in [-0.39, 0.29) is 0 Å². The second kappa shape index (κ2) is 5.16. The molecule has 1 fully saturated rings. The number of ether oxygens (including phenoxy) is 1. The van der Waals surface area contributed by atoms with Crippen LogP contribution in [-0.2, 0) is 4.74 Å². The maximum absolute atomic E-state index is 5.49. The van der Waals surface area contributed by atoms with Crippen molar-refractivity contribution < 1.29 is 4.74 Å². The van der Waals surface area contributed by atoms with Crippen molar-refractivity contribution in [1.29, 1.82) is 0 Å². The fraction of sp³-hybridized carbons (Fsp3) is 1.00. The lowest BCUT2D eigenvalue weighted by atomic mass is 9.69. The third-order valence-corrected chi connectivity index (χ3v) is 3.24. The van der Waals surface area contributed by atoms with Crippen molar-refractivity contribution in [2.24, 2.45) is 17.3 Å². The fourth-order valence-corrected chi connectivity index (χ4v) is 3.03. The Morgan fingerprint density at radius 1 is 0.929 bits per heavy atom. The Labute approximate surface area is 89.2 Å². The minimum Gasteiger partial charge on any atom is -0.381 e. The van der Waals surface area contributed by atoms with Gasteiger partial charge in [-0.05, 0) is 42.9 Å². The quantitative estimate of drug-likeness (QED) is 0.666. The first-order valence-corrected chi connectivity index (χ1v) is 6.12. The van der Waals surface area contributed by atoms with Gasteiger partial charge in [-0.2, -0.15) is 0 Å². The minimum atomic E-state index is 0.598. The molecule has 0 bridgehead atoms. The van der Waals surface area contributed by atoms with Crippen LogP contribution >= 0.6 is 0 Å². The molecule has 1 aliphatic heterocycles. The molecule has 84 valence electrons. The highest BCUT2D eigenvalue weighted by molar-refractivity contribution is 4.83. The molecule has 1 heterocycles. The van der Waals surface area contributed by atoms with Crippen molar-refractivity contribution in [2.45, 2.75) is 53.4 Å². The van der Waals surface area contributed by atoms with Gasteiger partial charge in [0.25, 0.3) is 0 Å². The van der Waals surface area contributed by atoms with Crippen LogP contribution in [0.25, 0.3) is 0 Å². The van der Waals surface area contributed by atoms with Crippen molar-refractivity contribution in [3.63, 3.8) is 0 Å². The van der Waals surface area contributed by atoms with E-state index in [2.05, 4.69) is 27.7 Å². The molecule has 0 unspecified atom stereocenters. The first-order valence-electron chi connectivity index (χ1n) is 6.12. The standard InChI is InChI=1S/C13H26O/c1-11(2)9-13(10-12(3)4)5-7-14-8-6-13/h11-12H,5-10H2,1-4H3. The van der Waals surface area contributed by atoms with Gasteiger partial charge in [0.15, 0.2) is 0 Å². The molecule has 0 aromatic carbocycles. The summed E-state index contributed by atoms with van der Waals surface area (Å²) in [6, 6.07) is 0. The SMILES string of the molecule is CC(C)CC1(CC(C)C)CCOCC1. The van der Waals surface area contributed by atoms with Crippen LogP contribution in [0.5, 0.6) is 0 Å². The Morgan fingerprint density at radius 2 is 1.36 bits per heavy atom. The predicted octanol–water partition coefficient (Wildman–Crippen LogP) is 3.88.